The second-order valence-corrected chi connectivity index (χ2v) is 4.25. The molecule has 0 aliphatic rings. The summed E-state index contributed by atoms with van der Waals surface area (Å²) >= 11 is 0. The molecule has 0 aromatic heterocycles. The highest BCUT2D eigenvalue weighted by atomic mass is 16.7. The largest absolute Gasteiger partial charge is 0.373 e. The molecule has 1 rings (SSSR count). The van der Waals surface area contributed by atoms with Crippen molar-refractivity contribution >= 4 is 5.97 Å². The molecule has 88 valence electrons. The van der Waals surface area contributed by atoms with Crippen molar-refractivity contribution in [1.29, 1.82) is 0 Å². The van der Waals surface area contributed by atoms with E-state index in [-0.39, 0.29) is 11.9 Å². The van der Waals surface area contributed by atoms with Gasteiger partial charge in [-0.05, 0) is 17.9 Å². The molecule has 0 heterocycles. The zero-order valence-corrected chi connectivity index (χ0v) is 10.1. The van der Waals surface area contributed by atoms with Crippen molar-refractivity contribution in [2.24, 2.45) is 11.8 Å². The van der Waals surface area contributed by atoms with Gasteiger partial charge in [0.1, 0.15) is 0 Å². The summed E-state index contributed by atoms with van der Waals surface area (Å²) in [5, 5.41) is 0. The predicted octanol–water partition coefficient (Wildman–Crippen LogP) is 2.41. The number of hydrogen-bond acceptors (Lipinski definition) is 3. The molecule has 0 aliphatic carbocycles. The van der Waals surface area contributed by atoms with Crippen LogP contribution in [0.1, 0.15) is 32.8 Å². The number of nitrogens with two attached hydrogens (primary N) is 1. The lowest BCUT2D eigenvalue weighted by Crippen LogP contribution is -2.42. The van der Waals surface area contributed by atoms with Crippen LogP contribution in [0, 0.1) is 5.92 Å². The van der Waals surface area contributed by atoms with E-state index in [0.717, 1.165) is 5.56 Å². The van der Waals surface area contributed by atoms with Crippen molar-refractivity contribution < 1.29 is 9.63 Å². The first kappa shape index (κ1) is 12.7. The van der Waals surface area contributed by atoms with Crippen molar-refractivity contribution in [3.8, 4) is 0 Å². The Morgan fingerprint density at radius 1 is 1.38 bits per heavy atom. The Bertz CT molecular complexity index is 348. The normalized spacial score (nSPS) is 14.6. The highest BCUT2D eigenvalue weighted by Gasteiger charge is 2.42. The maximum Gasteiger partial charge on any atom is 0.335 e. The predicted molar refractivity (Wildman–Crippen MR) is 63.5 cm³/mol. The molecule has 0 radical (unpaired) electrons. The molecule has 0 amide bonds. The van der Waals surface area contributed by atoms with Gasteiger partial charge < -0.3 is 4.84 Å². The lowest BCUT2D eigenvalue weighted by molar-refractivity contribution is -0.153. The second kappa shape index (κ2) is 5.12. The number of carbonyl (C=O) groups excluding carboxylic acids is 1. The molecule has 0 saturated carbocycles. The molecule has 16 heavy (non-hydrogen) atoms. The molecule has 0 aliphatic heterocycles. The lowest BCUT2D eigenvalue weighted by atomic mass is 9.70. The summed E-state index contributed by atoms with van der Waals surface area (Å²) in [7, 11) is 0. The van der Waals surface area contributed by atoms with Gasteiger partial charge in [0.2, 0.25) is 0 Å². The van der Waals surface area contributed by atoms with Crippen molar-refractivity contribution in [1.82, 2.24) is 0 Å². The first-order valence-electron chi connectivity index (χ1n) is 5.56. The van der Waals surface area contributed by atoms with Gasteiger partial charge in [-0.1, -0.05) is 51.1 Å². The first-order valence-corrected chi connectivity index (χ1v) is 5.56. The van der Waals surface area contributed by atoms with Crippen molar-refractivity contribution in [3.63, 3.8) is 0 Å². The molecule has 0 spiro atoms. The topological polar surface area (TPSA) is 52.3 Å². The summed E-state index contributed by atoms with van der Waals surface area (Å²) in [6.07, 6.45) is 0.671. The van der Waals surface area contributed by atoms with Gasteiger partial charge >= 0.3 is 5.97 Å². The third kappa shape index (κ3) is 1.95. The monoisotopic (exact) mass is 221 g/mol. The maximum atomic E-state index is 12.0. The minimum atomic E-state index is -0.643. The van der Waals surface area contributed by atoms with Gasteiger partial charge in [-0.25, -0.2) is 4.79 Å². The van der Waals surface area contributed by atoms with Crippen LogP contribution in [0.15, 0.2) is 30.3 Å². The van der Waals surface area contributed by atoms with Crippen molar-refractivity contribution in [3.05, 3.63) is 35.9 Å². The van der Waals surface area contributed by atoms with Gasteiger partial charge in [0, 0.05) is 0 Å². The lowest BCUT2D eigenvalue weighted by Gasteiger charge is -2.33. The summed E-state index contributed by atoms with van der Waals surface area (Å²) in [5.41, 5.74) is 0.318. The molecule has 2 N–H and O–H groups in total. The Morgan fingerprint density at radius 3 is 2.31 bits per heavy atom. The van der Waals surface area contributed by atoms with Crippen molar-refractivity contribution in [2.45, 2.75) is 32.6 Å². The van der Waals surface area contributed by atoms with Gasteiger partial charge in [0.05, 0.1) is 5.41 Å². The van der Waals surface area contributed by atoms with Gasteiger partial charge in [-0.2, -0.15) is 5.90 Å². The van der Waals surface area contributed by atoms with Crippen LogP contribution in [-0.4, -0.2) is 5.97 Å². The molecule has 0 saturated heterocycles. The van der Waals surface area contributed by atoms with Crippen LogP contribution in [-0.2, 0) is 15.0 Å². The van der Waals surface area contributed by atoms with E-state index in [1.807, 2.05) is 51.1 Å². The van der Waals surface area contributed by atoms with Crippen LogP contribution in [0.25, 0.3) is 0 Å². The Morgan fingerprint density at radius 2 is 1.94 bits per heavy atom. The molecule has 0 bridgehead atoms. The average Bonchev–Trinajstić information content (AvgIpc) is 2.31. The zero-order chi connectivity index (χ0) is 12.2. The number of rotatable bonds is 4. The number of hydrogen-bond donors (Lipinski definition) is 1. The fourth-order valence-corrected chi connectivity index (χ4v) is 2.28. The molecule has 1 aromatic carbocycles. The SMILES string of the molecule is CCC(C(=O)ON)(c1ccccc1)C(C)C. The van der Waals surface area contributed by atoms with Crippen molar-refractivity contribution in [2.75, 3.05) is 0 Å². The van der Waals surface area contributed by atoms with E-state index in [2.05, 4.69) is 4.84 Å². The van der Waals surface area contributed by atoms with E-state index in [1.165, 1.54) is 0 Å². The van der Waals surface area contributed by atoms with E-state index >= 15 is 0 Å². The minimum absolute atomic E-state index is 0.135. The smallest absolute Gasteiger partial charge is 0.335 e. The number of carbonyl (C=O) groups is 1. The van der Waals surface area contributed by atoms with E-state index in [4.69, 9.17) is 5.90 Å². The summed E-state index contributed by atoms with van der Waals surface area (Å²) in [6, 6.07) is 9.66. The molecule has 1 unspecified atom stereocenters. The average molecular weight is 221 g/mol. The number of benzene rings is 1. The zero-order valence-electron chi connectivity index (χ0n) is 10.1. The minimum Gasteiger partial charge on any atom is -0.373 e. The molecular formula is C13H19NO2. The molecule has 3 heteroatoms. The molecule has 3 nitrogen and oxygen atoms in total. The Balaban J connectivity index is 3.29. The first-order chi connectivity index (χ1) is 7.59. The fraction of sp³-hybridized carbons (Fsp3) is 0.462. The standard InChI is InChI=1S/C13H19NO2/c1-4-13(10(2)3,12(15)16-14)11-8-6-5-7-9-11/h5-10H,4,14H2,1-3H3. The summed E-state index contributed by atoms with van der Waals surface area (Å²) in [6.45, 7) is 5.99. The van der Waals surface area contributed by atoms with Gasteiger partial charge in [-0.3, -0.25) is 0 Å². The van der Waals surface area contributed by atoms with E-state index in [1.54, 1.807) is 0 Å². The Kier molecular flexibility index (Phi) is 4.07. The molecule has 1 aromatic rings. The summed E-state index contributed by atoms with van der Waals surface area (Å²) in [4.78, 5) is 16.4. The second-order valence-electron chi connectivity index (χ2n) is 4.25. The van der Waals surface area contributed by atoms with Crippen LogP contribution in [0.4, 0.5) is 0 Å². The summed E-state index contributed by atoms with van der Waals surface area (Å²) < 4.78 is 0. The molecule has 0 fully saturated rings. The van der Waals surface area contributed by atoms with Crippen LogP contribution in [0.2, 0.25) is 0 Å². The van der Waals surface area contributed by atoms with E-state index in [9.17, 15) is 4.79 Å². The highest BCUT2D eigenvalue weighted by Crippen LogP contribution is 2.36. The quantitative estimate of drug-likeness (QED) is 0.794. The van der Waals surface area contributed by atoms with Crippen LogP contribution >= 0.6 is 0 Å². The third-order valence-electron chi connectivity index (χ3n) is 3.30. The Labute approximate surface area is 96.6 Å². The van der Waals surface area contributed by atoms with E-state index < -0.39 is 5.41 Å². The Hall–Kier alpha value is -1.35. The molecule has 1 atom stereocenters. The highest BCUT2D eigenvalue weighted by molar-refractivity contribution is 5.83. The van der Waals surface area contributed by atoms with Gasteiger partial charge in [0.25, 0.3) is 0 Å². The molecular weight excluding hydrogens is 202 g/mol. The maximum absolute atomic E-state index is 12.0. The van der Waals surface area contributed by atoms with E-state index in [0.29, 0.717) is 6.42 Å². The fourth-order valence-electron chi connectivity index (χ4n) is 2.28. The van der Waals surface area contributed by atoms with Crippen LogP contribution in [0.3, 0.4) is 0 Å². The van der Waals surface area contributed by atoms with Gasteiger partial charge in [-0.15, -0.1) is 0 Å². The van der Waals surface area contributed by atoms with Gasteiger partial charge in [0.15, 0.2) is 0 Å². The third-order valence-corrected chi connectivity index (χ3v) is 3.30. The summed E-state index contributed by atoms with van der Waals surface area (Å²) in [5.74, 6) is 4.83. The van der Waals surface area contributed by atoms with Crippen LogP contribution < -0.4 is 5.90 Å². The van der Waals surface area contributed by atoms with Crippen LogP contribution in [0.5, 0.6) is 0 Å².